The van der Waals surface area contributed by atoms with Crippen molar-refractivity contribution >= 4 is 22.9 Å². The van der Waals surface area contributed by atoms with E-state index in [1.807, 2.05) is 41.9 Å². The number of thiophene rings is 1. The summed E-state index contributed by atoms with van der Waals surface area (Å²) in [5.74, 6) is -0.0178. The minimum absolute atomic E-state index is 0.0178. The molecule has 0 aliphatic carbocycles. The summed E-state index contributed by atoms with van der Waals surface area (Å²) in [6, 6.07) is 7.89. The molecular formula is C16H20N2OS. The van der Waals surface area contributed by atoms with E-state index in [4.69, 9.17) is 0 Å². The Kier molecular flexibility index (Phi) is 5.18. The molecule has 2 N–H and O–H groups in total. The van der Waals surface area contributed by atoms with E-state index in [1.54, 1.807) is 11.3 Å². The van der Waals surface area contributed by atoms with Crippen LogP contribution in [0.5, 0.6) is 0 Å². The fourth-order valence-electron chi connectivity index (χ4n) is 1.97. The van der Waals surface area contributed by atoms with Crippen molar-refractivity contribution in [1.29, 1.82) is 0 Å². The van der Waals surface area contributed by atoms with Gasteiger partial charge in [-0.15, -0.1) is 0 Å². The van der Waals surface area contributed by atoms with E-state index in [-0.39, 0.29) is 5.91 Å². The second-order valence-electron chi connectivity index (χ2n) is 4.77. The Balaban J connectivity index is 1.98. The monoisotopic (exact) mass is 288 g/mol. The van der Waals surface area contributed by atoms with Crippen molar-refractivity contribution in [3.05, 3.63) is 51.7 Å². The fourth-order valence-corrected chi connectivity index (χ4v) is 2.64. The van der Waals surface area contributed by atoms with Crippen LogP contribution in [-0.2, 0) is 6.54 Å². The molecule has 1 amide bonds. The number of anilines is 1. The molecule has 0 radical (unpaired) electrons. The summed E-state index contributed by atoms with van der Waals surface area (Å²) in [4.78, 5) is 12.2. The maximum absolute atomic E-state index is 12.2. The van der Waals surface area contributed by atoms with Gasteiger partial charge in [0.05, 0.1) is 0 Å². The lowest BCUT2D eigenvalue weighted by molar-refractivity contribution is 0.0950. The highest BCUT2D eigenvalue weighted by atomic mass is 32.1. The van der Waals surface area contributed by atoms with E-state index in [0.717, 1.165) is 35.3 Å². The van der Waals surface area contributed by atoms with Gasteiger partial charge >= 0.3 is 0 Å². The third kappa shape index (κ3) is 3.84. The molecule has 4 heteroatoms. The van der Waals surface area contributed by atoms with Gasteiger partial charge in [-0.3, -0.25) is 4.79 Å². The summed E-state index contributed by atoms with van der Waals surface area (Å²) in [6.07, 6.45) is 1.09. The van der Waals surface area contributed by atoms with Gasteiger partial charge in [0.15, 0.2) is 0 Å². The number of hydrogen-bond donors (Lipinski definition) is 2. The maximum Gasteiger partial charge on any atom is 0.251 e. The van der Waals surface area contributed by atoms with Crippen LogP contribution in [0.15, 0.2) is 35.0 Å². The predicted molar refractivity (Wildman–Crippen MR) is 85.4 cm³/mol. The van der Waals surface area contributed by atoms with Gasteiger partial charge in [0, 0.05) is 24.3 Å². The SMILES string of the molecule is CCCNc1ccc(C(=O)NCc2ccsc2)c(C)c1. The first-order valence-corrected chi connectivity index (χ1v) is 7.78. The van der Waals surface area contributed by atoms with Crippen molar-refractivity contribution in [2.24, 2.45) is 0 Å². The first-order valence-electron chi connectivity index (χ1n) is 6.84. The van der Waals surface area contributed by atoms with E-state index in [9.17, 15) is 4.79 Å². The Bertz CT molecular complexity index is 564. The molecular weight excluding hydrogens is 268 g/mol. The molecule has 1 heterocycles. The highest BCUT2D eigenvalue weighted by Crippen LogP contribution is 2.15. The molecule has 2 rings (SSSR count). The van der Waals surface area contributed by atoms with Crippen LogP contribution in [0.25, 0.3) is 0 Å². The van der Waals surface area contributed by atoms with Crippen LogP contribution < -0.4 is 10.6 Å². The zero-order chi connectivity index (χ0) is 14.4. The lowest BCUT2D eigenvalue weighted by atomic mass is 10.1. The zero-order valence-electron chi connectivity index (χ0n) is 11.9. The number of carbonyl (C=O) groups is 1. The van der Waals surface area contributed by atoms with Gasteiger partial charge in [-0.1, -0.05) is 6.92 Å². The zero-order valence-corrected chi connectivity index (χ0v) is 12.7. The summed E-state index contributed by atoms with van der Waals surface area (Å²) in [5.41, 5.74) is 3.94. The molecule has 1 aromatic carbocycles. The van der Waals surface area contributed by atoms with Crippen molar-refractivity contribution in [3.63, 3.8) is 0 Å². The number of benzene rings is 1. The largest absolute Gasteiger partial charge is 0.385 e. The molecule has 0 bridgehead atoms. The number of amides is 1. The quantitative estimate of drug-likeness (QED) is 0.848. The Morgan fingerprint density at radius 3 is 2.80 bits per heavy atom. The molecule has 20 heavy (non-hydrogen) atoms. The van der Waals surface area contributed by atoms with Crippen LogP contribution in [0, 0.1) is 6.92 Å². The Hall–Kier alpha value is -1.81. The second kappa shape index (κ2) is 7.10. The summed E-state index contributed by atoms with van der Waals surface area (Å²) < 4.78 is 0. The first kappa shape index (κ1) is 14.6. The fraction of sp³-hybridized carbons (Fsp3) is 0.312. The van der Waals surface area contributed by atoms with Crippen molar-refractivity contribution in [1.82, 2.24) is 5.32 Å². The molecule has 0 saturated carbocycles. The average Bonchev–Trinajstić information content (AvgIpc) is 2.96. The van der Waals surface area contributed by atoms with Crippen LogP contribution in [0.3, 0.4) is 0 Å². The lowest BCUT2D eigenvalue weighted by Gasteiger charge is -2.10. The standard InChI is InChI=1S/C16H20N2OS/c1-3-7-17-14-4-5-15(12(2)9-14)16(19)18-10-13-6-8-20-11-13/h4-6,8-9,11,17H,3,7,10H2,1-2H3,(H,18,19). The molecule has 0 fully saturated rings. The third-order valence-corrected chi connectivity index (χ3v) is 3.82. The molecule has 0 spiro atoms. The van der Waals surface area contributed by atoms with E-state index in [1.165, 1.54) is 0 Å². The molecule has 0 unspecified atom stereocenters. The molecule has 1 aromatic heterocycles. The van der Waals surface area contributed by atoms with Gasteiger partial charge in [-0.2, -0.15) is 11.3 Å². The predicted octanol–water partition coefficient (Wildman–Crippen LogP) is 3.81. The Morgan fingerprint density at radius 2 is 2.15 bits per heavy atom. The van der Waals surface area contributed by atoms with Crippen LogP contribution in [0.4, 0.5) is 5.69 Å². The van der Waals surface area contributed by atoms with Crippen molar-refractivity contribution in [3.8, 4) is 0 Å². The van der Waals surface area contributed by atoms with E-state index in [0.29, 0.717) is 6.54 Å². The molecule has 0 saturated heterocycles. The van der Waals surface area contributed by atoms with Crippen molar-refractivity contribution < 1.29 is 4.79 Å². The summed E-state index contributed by atoms with van der Waals surface area (Å²) in [6.45, 7) is 5.63. The van der Waals surface area contributed by atoms with Gasteiger partial charge < -0.3 is 10.6 Å². The number of hydrogen-bond acceptors (Lipinski definition) is 3. The normalized spacial score (nSPS) is 10.3. The Morgan fingerprint density at radius 1 is 1.30 bits per heavy atom. The molecule has 0 atom stereocenters. The van der Waals surface area contributed by atoms with Gasteiger partial charge in [0.1, 0.15) is 0 Å². The highest BCUT2D eigenvalue weighted by Gasteiger charge is 2.09. The lowest BCUT2D eigenvalue weighted by Crippen LogP contribution is -2.23. The summed E-state index contributed by atoms with van der Waals surface area (Å²) in [7, 11) is 0. The molecule has 0 aliphatic heterocycles. The average molecular weight is 288 g/mol. The minimum atomic E-state index is -0.0178. The van der Waals surface area contributed by atoms with Crippen LogP contribution in [-0.4, -0.2) is 12.5 Å². The van der Waals surface area contributed by atoms with Crippen LogP contribution >= 0.6 is 11.3 Å². The molecule has 0 aliphatic rings. The van der Waals surface area contributed by atoms with Gasteiger partial charge in [-0.05, 0) is 59.5 Å². The van der Waals surface area contributed by atoms with Crippen LogP contribution in [0.2, 0.25) is 0 Å². The van der Waals surface area contributed by atoms with Gasteiger partial charge in [0.25, 0.3) is 5.91 Å². The van der Waals surface area contributed by atoms with E-state index in [2.05, 4.69) is 17.6 Å². The summed E-state index contributed by atoms with van der Waals surface area (Å²) >= 11 is 1.64. The maximum atomic E-state index is 12.2. The van der Waals surface area contributed by atoms with Gasteiger partial charge in [0.2, 0.25) is 0 Å². The number of aryl methyl sites for hydroxylation is 1. The minimum Gasteiger partial charge on any atom is -0.385 e. The number of carbonyl (C=O) groups excluding carboxylic acids is 1. The van der Waals surface area contributed by atoms with Crippen molar-refractivity contribution in [2.45, 2.75) is 26.8 Å². The van der Waals surface area contributed by atoms with E-state index >= 15 is 0 Å². The summed E-state index contributed by atoms with van der Waals surface area (Å²) in [5, 5.41) is 10.3. The molecule has 3 nitrogen and oxygen atoms in total. The Labute approximate surface area is 124 Å². The second-order valence-corrected chi connectivity index (χ2v) is 5.55. The third-order valence-electron chi connectivity index (χ3n) is 3.08. The topological polar surface area (TPSA) is 41.1 Å². The molecule has 2 aromatic rings. The van der Waals surface area contributed by atoms with Crippen LogP contribution in [0.1, 0.15) is 34.8 Å². The first-order chi connectivity index (χ1) is 9.70. The highest BCUT2D eigenvalue weighted by molar-refractivity contribution is 7.07. The number of nitrogens with one attached hydrogen (secondary N) is 2. The van der Waals surface area contributed by atoms with Gasteiger partial charge in [-0.25, -0.2) is 0 Å². The smallest absolute Gasteiger partial charge is 0.251 e. The molecule has 106 valence electrons. The number of rotatable bonds is 6. The van der Waals surface area contributed by atoms with E-state index < -0.39 is 0 Å². The van der Waals surface area contributed by atoms with Crippen molar-refractivity contribution in [2.75, 3.05) is 11.9 Å².